The van der Waals surface area contributed by atoms with Crippen LogP contribution >= 0.6 is 27.7 Å². The van der Waals surface area contributed by atoms with Crippen molar-refractivity contribution in [2.75, 3.05) is 16.4 Å². The summed E-state index contributed by atoms with van der Waals surface area (Å²) in [7, 11) is 1.79. The number of aryl methyl sites for hydroxylation is 3. The van der Waals surface area contributed by atoms with Crippen molar-refractivity contribution in [1.82, 2.24) is 14.8 Å². The minimum atomic E-state index is -0.171. The van der Waals surface area contributed by atoms with Crippen molar-refractivity contribution in [2.24, 2.45) is 7.05 Å². The second-order valence-electron chi connectivity index (χ2n) is 7.30. The molecule has 0 saturated heterocycles. The van der Waals surface area contributed by atoms with E-state index in [1.165, 1.54) is 11.8 Å². The molecule has 0 atom stereocenters. The summed E-state index contributed by atoms with van der Waals surface area (Å²) in [5.74, 6) is 0.429. The van der Waals surface area contributed by atoms with Gasteiger partial charge in [0.1, 0.15) is 5.82 Å². The summed E-state index contributed by atoms with van der Waals surface area (Å²) >= 11 is 4.74. The molecule has 0 aliphatic carbocycles. The molecule has 162 valence electrons. The molecule has 0 saturated carbocycles. The fourth-order valence-electron chi connectivity index (χ4n) is 3.02. The summed E-state index contributed by atoms with van der Waals surface area (Å²) < 4.78 is 2.72. The van der Waals surface area contributed by atoms with E-state index in [2.05, 4.69) is 36.8 Å². The minimum Gasteiger partial charge on any atom is -0.326 e. The Morgan fingerprint density at radius 1 is 1.00 bits per heavy atom. The van der Waals surface area contributed by atoms with Gasteiger partial charge in [-0.05, 0) is 56.2 Å². The van der Waals surface area contributed by atoms with Gasteiger partial charge in [-0.1, -0.05) is 45.4 Å². The van der Waals surface area contributed by atoms with Gasteiger partial charge in [-0.25, -0.2) is 0 Å². The van der Waals surface area contributed by atoms with Crippen molar-refractivity contribution < 1.29 is 9.59 Å². The van der Waals surface area contributed by atoms with Gasteiger partial charge < -0.3 is 15.2 Å². The fourth-order valence-corrected chi connectivity index (χ4v) is 4.44. The maximum absolute atomic E-state index is 12.4. The van der Waals surface area contributed by atoms with Crippen molar-refractivity contribution in [3.8, 4) is 0 Å². The van der Waals surface area contributed by atoms with Crippen LogP contribution in [0.1, 0.15) is 22.5 Å². The lowest BCUT2D eigenvalue weighted by Crippen LogP contribution is -2.17. The molecule has 2 amide bonds. The van der Waals surface area contributed by atoms with Gasteiger partial charge in [0, 0.05) is 22.9 Å². The second kappa shape index (κ2) is 10.1. The molecule has 0 aliphatic heterocycles. The molecule has 2 aromatic carbocycles. The number of carbonyl (C=O) groups is 2. The third kappa shape index (κ3) is 6.18. The Bertz CT molecular complexity index is 1090. The highest BCUT2D eigenvalue weighted by molar-refractivity contribution is 9.10. The summed E-state index contributed by atoms with van der Waals surface area (Å²) in [5, 5.41) is 14.6. The highest BCUT2D eigenvalue weighted by atomic mass is 79.9. The highest BCUT2D eigenvalue weighted by Gasteiger charge is 2.15. The van der Waals surface area contributed by atoms with Gasteiger partial charge in [0.25, 0.3) is 0 Å². The van der Waals surface area contributed by atoms with Crippen LogP contribution < -0.4 is 10.6 Å². The van der Waals surface area contributed by atoms with Crippen LogP contribution in [0.3, 0.4) is 0 Å². The first kappa shape index (κ1) is 23.0. The van der Waals surface area contributed by atoms with E-state index in [1.54, 1.807) is 11.6 Å². The second-order valence-corrected chi connectivity index (χ2v) is 9.16. The summed E-state index contributed by atoms with van der Waals surface area (Å²) in [4.78, 5) is 24.8. The van der Waals surface area contributed by atoms with E-state index >= 15 is 0 Å². The summed E-state index contributed by atoms with van der Waals surface area (Å²) in [6.07, 6.45) is 0.0986. The number of nitrogens with one attached hydrogen (secondary N) is 2. The van der Waals surface area contributed by atoms with E-state index in [1.807, 2.05) is 57.2 Å². The number of rotatable bonds is 7. The normalized spacial score (nSPS) is 10.7. The quantitative estimate of drug-likeness (QED) is 0.467. The average molecular weight is 502 g/mol. The molecule has 0 spiro atoms. The van der Waals surface area contributed by atoms with Crippen molar-refractivity contribution in [3.63, 3.8) is 0 Å². The predicted molar refractivity (Wildman–Crippen MR) is 127 cm³/mol. The van der Waals surface area contributed by atoms with E-state index in [0.717, 1.165) is 32.5 Å². The van der Waals surface area contributed by atoms with Crippen LogP contribution in [-0.4, -0.2) is 32.3 Å². The largest absolute Gasteiger partial charge is 0.326 e. The first-order valence-corrected chi connectivity index (χ1v) is 11.4. The Labute approximate surface area is 194 Å². The predicted octanol–water partition coefficient (Wildman–Crippen LogP) is 4.41. The molecule has 0 radical (unpaired) electrons. The number of nitrogens with zero attached hydrogens (tertiary/aromatic N) is 3. The monoisotopic (exact) mass is 501 g/mol. The number of anilines is 2. The van der Waals surface area contributed by atoms with Crippen molar-refractivity contribution in [3.05, 3.63) is 63.4 Å². The molecule has 0 aliphatic rings. The summed E-state index contributed by atoms with van der Waals surface area (Å²) in [6.45, 7) is 5.90. The van der Waals surface area contributed by atoms with Crippen LogP contribution in [0, 0.1) is 20.8 Å². The molecule has 3 rings (SSSR count). The zero-order chi connectivity index (χ0) is 22.5. The van der Waals surface area contributed by atoms with Crippen LogP contribution in [0.5, 0.6) is 0 Å². The van der Waals surface area contributed by atoms with Crippen molar-refractivity contribution in [2.45, 2.75) is 32.3 Å². The van der Waals surface area contributed by atoms with Crippen LogP contribution in [0.25, 0.3) is 0 Å². The first-order chi connectivity index (χ1) is 14.7. The summed E-state index contributed by atoms with van der Waals surface area (Å²) in [6, 6.07) is 11.5. The Morgan fingerprint density at radius 2 is 1.65 bits per heavy atom. The lowest BCUT2D eigenvalue weighted by Gasteiger charge is -2.12. The lowest BCUT2D eigenvalue weighted by atomic mass is 10.1. The zero-order valence-electron chi connectivity index (χ0n) is 17.8. The Hall–Kier alpha value is -2.65. The Balaban J connectivity index is 1.56. The van der Waals surface area contributed by atoms with E-state index in [4.69, 9.17) is 0 Å². The van der Waals surface area contributed by atoms with Gasteiger partial charge in [-0.3, -0.25) is 9.59 Å². The van der Waals surface area contributed by atoms with Crippen molar-refractivity contribution in [1.29, 1.82) is 0 Å². The van der Waals surface area contributed by atoms with Crippen LogP contribution in [0.4, 0.5) is 11.4 Å². The number of carbonyl (C=O) groups excluding carboxylic acids is 2. The lowest BCUT2D eigenvalue weighted by molar-refractivity contribution is -0.116. The highest BCUT2D eigenvalue weighted by Crippen LogP contribution is 2.25. The molecule has 7 nitrogen and oxygen atoms in total. The van der Waals surface area contributed by atoms with E-state index in [9.17, 15) is 9.59 Å². The third-order valence-corrected chi connectivity index (χ3v) is 6.15. The number of benzene rings is 2. The topological polar surface area (TPSA) is 88.9 Å². The maximum Gasteiger partial charge on any atom is 0.234 e. The van der Waals surface area contributed by atoms with Crippen LogP contribution in [0.2, 0.25) is 0 Å². The fraction of sp³-hybridized carbons (Fsp3) is 0.273. The number of hydrogen-bond acceptors (Lipinski definition) is 5. The molecule has 9 heteroatoms. The number of thioether (sulfide) groups is 1. The van der Waals surface area contributed by atoms with Crippen LogP contribution in [0.15, 0.2) is 46.0 Å². The van der Waals surface area contributed by atoms with Crippen LogP contribution in [-0.2, 0) is 23.1 Å². The summed E-state index contributed by atoms with van der Waals surface area (Å²) in [5.41, 5.74) is 4.67. The van der Waals surface area contributed by atoms with E-state index in [-0.39, 0.29) is 24.0 Å². The molecule has 1 heterocycles. The van der Waals surface area contributed by atoms with Gasteiger partial charge in [-0.15, -0.1) is 10.2 Å². The molecule has 0 unspecified atom stereocenters. The van der Waals surface area contributed by atoms with E-state index in [0.29, 0.717) is 11.0 Å². The van der Waals surface area contributed by atoms with Gasteiger partial charge >= 0.3 is 0 Å². The molecule has 2 N–H and O–H groups in total. The average Bonchev–Trinajstić information content (AvgIpc) is 3.04. The molecule has 1 aromatic heterocycles. The first-order valence-electron chi connectivity index (χ1n) is 9.67. The van der Waals surface area contributed by atoms with Gasteiger partial charge in [0.2, 0.25) is 11.8 Å². The zero-order valence-corrected chi connectivity index (χ0v) is 20.2. The maximum atomic E-state index is 12.4. The Morgan fingerprint density at radius 3 is 2.29 bits per heavy atom. The number of amides is 2. The van der Waals surface area contributed by atoms with Gasteiger partial charge in [0.15, 0.2) is 5.16 Å². The van der Waals surface area contributed by atoms with E-state index < -0.39 is 0 Å². The number of halogens is 1. The van der Waals surface area contributed by atoms with Crippen molar-refractivity contribution >= 4 is 50.9 Å². The molecular formula is C22H24BrN5O2S. The smallest absolute Gasteiger partial charge is 0.234 e. The SMILES string of the molecule is Cc1ccc(NC(=O)Cc2nnc(SCC(=O)Nc3c(C)cc(Br)cc3C)n2C)cc1. The molecular weight excluding hydrogens is 478 g/mol. The van der Waals surface area contributed by atoms with Gasteiger partial charge in [0.05, 0.1) is 12.2 Å². The standard InChI is InChI=1S/C22H24BrN5O2S/c1-13-5-7-17(8-6-13)24-19(29)11-18-26-27-22(28(18)4)31-12-20(30)25-21-14(2)9-16(23)10-15(21)3/h5-10H,11-12H2,1-4H3,(H,24,29)(H,25,30). The third-order valence-electron chi connectivity index (χ3n) is 4.67. The molecule has 3 aromatic rings. The number of hydrogen-bond donors (Lipinski definition) is 2. The molecule has 0 bridgehead atoms. The minimum absolute atomic E-state index is 0.0986. The molecule has 31 heavy (non-hydrogen) atoms. The van der Waals surface area contributed by atoms with Gasteiger partial charge in [-0.2, -0.15) is 0 Å². The molecule has 0 fully saturated rings. The number of aromatic nitrogens is 3. The Kier molecular flexibility index (Phi) is 7.50.